The molecule has 1 atom stereocenters. The molecule has 90 valence electrons. The first-order valence-electron chi connectivity index (χ1n) is 5.46. The number of ether oxygens (including phenoxy) is 1. The van der Waals surface area contributed by atoms with Crippen molar-refractivity contribution in [1.29, 1.82) is 0 Å². The topological polar surface area (TPSA) is 38.7 Å². The predicted octanol–water partition coefficient (Wildman–Crippen LogP) is 2.94. The molecule has 0 aliphatic heterocycles. The van der Waals surface area contributed by atoms with Crippen molar-refractivity contribution in [3.8, 4) is 0 Å². The molecule has 17 heavy (non-hydrogen) atoms. The Labute approximate surface area is 102 Å². The Balaban J connectivity index is 2.94. The monoisotopic (exact) mass is 231 g/mol. The van der Waals surface area contributed by atoms with Crippen molar-refractivity contribution in [2.45, 2.75) is 19.4 Å². The van der Waals surface area contributed by atoms with Gasteiger partial charge in [0, 0.05) is 13.3 Å². The third-order valence-corrected chi connectivity index (χ3v) is 2.44. The van der Waals surface area contributed by atoms with Crippen LogP contribution < -0.4 is 0 Å². The van der Waals surface area contributed by atoms with E-state index in [-0.39, 0.29) is 11.8 Å². The summed E-state index contributed by atoms with van der Waals surface area (Å²) in [5.41, 5.74) is 0.999. The third-order valence-electron chi connectivity index (χ3n) is 2.44. The van der Waals surface area contributed by atoms with E-state index in [1.165, 1.54) is 6.08 Å². The number of hydrogen-bond acceptors (Lipinski definition) is 3. The van der Waals surface area contributed by atoms with Gasteiger partial charge in [-0.2, -0.15) is 0 Å². The van der Waals surface area contributed by atoms with Crippen LogP contribution in [0.1, 0.15) is 24.9 Å². The molecular weight excluding hydrogens is 214 g/mol. The number of carbonyl (C=O) groups excluding carboxylic acids is 1. The number of allylic oxidation sites excluding steroid dienone is 1. The van der Waals surface area contributed by atoms with Crippen LogP contribution in [0.2, 0.25) is 0 Å². The largest absolute Gasteiger partial charge is 0.484 e. The zero-order valence-corrected chi connectivity index (χ0v) is 10.2. The Morgan fingerprint density at radius 2 is 2.12 bits per heavy atom. The second-order valence-corrected chi connectivity index (χ2v) is 3.65. The van der Waals surface area contributed by atoms with Crippen molar-refractivity contribution in [1.82, 2.24) is 0 Å². The minimum absolute atomic E-state index is 0.0218. The first-order valence-corrected chi connectivity index (χ1v) is 5.46. The van der Waals surface area contributed by atoms with Crippen LogP contribution >= 0.6 is 0 Å². The van der Waals surface area contributed by atoms with Gasteiger partial charge in [0.05, 0.1) is 13.2 Å². The molecule has 1 aromatic carbocycles. The lowest BCUT2D eigenvalue weighted by Gasteiger charge is -2.12. The van der Waals surface area contributed by atoms with Gasteiger partial charge >= 0.3 is 0 Å². The van der Waals surface area contributed by atoms with Gasteiger partial charge in [0.1, 0.15) is 0 Å². The molecule has 0 amide bonds. The lowest BCUT2D eigenvalue weighted by atomic mass is 10.0. The number of ketones is 1. The SMILES string of the molecule is C=CC(=O)CC(N=C(C)OC)c1ccccc1. The fourth-order valence-electron chi connectivity index (χ4n) is 1.46. The predicted molar refractivity (Wildman–Crippen MR) is 69.1 cm³/mol. The fraction of sp³-hybridized carbons (Fsp3) is 0.286. The van der Waals surface area contributed by atoms with Gasteiger partial charge in [0.25, 0.3) is 0 Å². The number of rotatable bonds is 5. The average Bonchev–Trinajstić information content (AvgIpc) is 2.38. The van der Waals surface area contributed by atoms with Crippen LogP contribution in [-0.2, 0) is 9.53 Å². The molecule has 1 aromatic rings. The van der Waals surface area contributed by atoms with Gasteiger partial charge in [-0.25, -0.2) is 4.99 Å². The van der Waals surface area contributed by atoms with E-state index < -0.39 is 0 Å². The molecule has 0 saturated carbocycles. The van der Waals surface area contributed by atoms with Crippen LogP contribution in [0.15, 0.2) is 48.0 Å². The summed E-state index contributed by atoms with van der Waals surface area (Å²) in [4.78, 5) is 15.8. The van der Waals surface area contributed by atoms with E-state index >= 15 is 0 Å². The zero-order chi connectivity index (χ0) is 12.7. The van der Waals surface area contributed by atoms with Crippen LogP contribution in [0.5, 0.6) is 0 Å². The Kier molecular flexibility index (Phi) is 5.14. The number of methoxy groups -OCH3 is 1. The molecule has 0 aromatic heterocycles. The molecule has 3 heteroatoms. The van der Waals surface area contributed by atoms with Crippen molar-refractivity contribution in [2.24, 2.45) is 4.99 Å². The van der Waals surface area contributed by atoms with Crippen LogP contribution in [0.3, 0.4) is 0 Å². The lowest BCUT2D eigenvalue weighted by Crippen LogP contribution is -2.06. The van der Waals surface area contributed by atoms with E-state index in [2.05, 4.69) is 11.6 Å². The molecule has 0 N–H and O–H groups in total. The summed E-state index contributed by atoms with van der Waals surface area (Å²) < 4.78 is 5.03. The minimum Gasteiger partial charge on any atom is -0.484 e. The molecule has 0 aliphatic rings. The molecule has 0 bridgehead atoms. The second-order valence-electron chi connectivity index (χ2n) is 3.65. The van der Waals surface area contributed by atoms with Gasteiger partial charge in [0.2, 0.25) is 0 Å². The molecule has 0 fully saturated rings. The molecule has 1 rings (SSSR count). The van der Waals surface area contributed by atoms with E-state index in [1.807, 2.05) is 30.3 Å². The lowest BCUT2D eigenvalue weighted by molar-refractivity contribution is -0.114. The molecule has 1 unspecified atom stereocenters. The van der Waals surface area contributed by atoms with E-state index in [4.69, 9.17) is 4.74 Å². The first-order chi connectivity index (χ1) is 8.17. The number of nitrogens with zero attached hydrogens (tertiary/aromatic N) is 1. The van der Waals surface area contributed by atoms with E-state index in [0.29, 0.717) is 12.3 Å². The van der Waals surface area contributed by atoms with Gasteiger partial charge < -0.3 is 4.74 Å². The van der Waals surface area contributed by atoms with Crippen LogP contribution in [-0.4, -0.2) is 18.8 Å². The number of hydrogen-bond donors (Lipinski definition) is 0. The summed E-state index contributed by atoms with van der Waals surface area (Å²) in [5, 5.41) is 0. The molecule has 3 nitrogen and oxygen atoms in total. The summed E-state index contributed by atoms with van der Waals surface area (Å²) in [5.74, 6) is 0.544. The summed E-state index contributed by atoms with van der Waals surface area (Å²) in [6.07, 6.45) is 1.64. The average molecular weight is 231 g/mol. The summed E-state index contributed by atoms with van der Waals surface area (Å²) >= 11 is 0. The standard InChI is InChI=1S/C14H17NO2/c1-4-13(16)10-14(15-11(2)17-3)12-8-6-5-7-9-12/h4-9,14H,1,10H2,2-3H3. The molecule has 0 saturated heterocycles. The highest BCUT2D eigenvalue weighted by atomic mass is 16.5. The van der Waals surface area contributed by atoms with Crippen molar-refractivity contribution in [3.63, 3.8) is 0 Å². The normalized spacial score (nSPS) is 12.9. The second kappa shape index (κ2) is 6.63. The van der Waals surface area contributed by atoms with Gasteiger partial charge in [0.15, 0.2) is 11.7 Å². The van der Waals surface area contributed by atoms with Gasteiger partial charge in [-0.05, 0) is 11.6 Å². The minimum atomic E-state index is -0.207. The van der Waals surface area contributed by atoms with Crippen LogP contribution in [0, 0.1) is 0 Å². The molecule has 0 heterocycles. The number of benzene rings is 1. The number of carbonyl (C=O) groups is 1. The highest BCUT2D eigenvalue weighted by Crippen LogP contribution is 2.21. The van der Waals surface area contributed by atoms with Gasteiger partial charge in [-0.15, -0.1) is 0 Å². The quantitative estimate of drug-likeness (QED) is 0.444. The molecule has 0 spiro atoms. The summed E-state index contributed by atoms with van der Waals surface area (Å²) in [6.45, 7) is 5.25. The third kappa shape index (κ3) is 4.23. The maximum Gasteiger partial charge on any atom is 0.180 e. The Bertz CT molecular complexity index is 409. The van der Waals surface area contributed by atoms with E-state index in [9.17, 15) is 4.79 Å². The maximum atomic E-state index is 11.4. The van der Waals surface area contributed by atoms with E-state index in [0.717, 1.165) is 5.56 Å². The molecular formula is C14H17NO2. The molecule has 0 aliphatic carbocycles. The maximum absolute atomic E-state index is 11.4. The summed E-state index contributed by atoms with van der Waals surface area (Å²) in [7, 11) is 1.57. The first kappa shape index (κ1) is 13.2. The number of aliphatic imine (C=N–C) groups is 1. The van der Waals surface area contributed by atoms with Gasteiger partial charge in [-0.1, -0.05) is 36.9 Å². The van der Waals surface area contributed by atoms with Crippen molar-refractivity contribution < 1.29 is 9.53 Å². The van der Waals surface area contributed by atoms with Crippen molar-refractivity contribution in [3.05, 3.63) is 48.6 Å². The summed E-state index contributed by atoms with van der Waals surface area (Å²) in [6, 6.07) is 9.49. The molecule has 0 radical (unpaired) electrons. The Hall–Kier alpha value is -1.90. The van der Waals surface area contributed by atoms with Crippen LogP contribution in [0.25, 0.3) is 0 Å². The smallest absolute Gasteiger partial charge is 0.180 e. The Morgan fingerprint density at radius 1 is 1.47 bits per heavy atom. The van der Waals surface area contributed by atoms with Crippen LogP contribution in [0.4, 0.5) is 0 Å². The van der Waals surface area contributed by atoms with E-state index in [1.54, 1.807) is 14.0 Å². The Morgan fingerprint density at radius 3 is 2.65 bits per heavy atom. The van der Waals surface area contributed by atoms with Crippen molar-refractivity contribution >= 4 is 11.7 Å². The zero-order valence-electron chi connectivity index (χ0n) is 10.2. The van der Waals surface area contributed by atoms with Crippen molar-refractivity contribution in [2.75, 3.05) is 7.11 Å². The highest BCUT2D eigenvalue weighted by molar-refractivity contribution is 5.89. The van der Waals surface area contributed by atoms with Gasteiger partial charge in [-0.3, -0.25) is 4.79 Å². The fourth-order valence-corrected chi connectivity index (χ4v) is 1.46. The highest BCUT2D eigenvalue weighted by Gasteiger charge is 2.13.